The van der Waals surface area contributed by atoms with Crippen LogP contribution < -0.4 is 0 Å². The maximum atomic E-state index is 9.64. The molecule has 0 radical (unpaired) electrons. The van der Waals surface area contributed by atoms with Crippen molar-refractivity contribution in [1.29, 1.82) is 0 Å². The van der Waals surface area contributed by atoms with Crippen LogP contribution >= 0.6 is 0 Å². The molecule has 0 aliphatic heterocycles. The van der Waals surface area contributed by atoms with Crippen molar-refractivity contribution in [3.05, 3.63) is 0 Å². The minimum absolute atomic E-state index is 0.317. The van der Waals surface area contributed by atoms with E-state index in [9.17, 15) is 5.11 Å². The first-order chi connectivity index (χ1) is 6.23. The second-order valence-corrected chi connectivity index (χ2v) is 5.28. The van der Waals surface area contributed by atoms with E-state index in [4.69, 9.17) is 0 Å². The predicted octanol–water partition coefficient (Wildman–Crippen LogP) is 2.83. The second kappa shape index (κ2) is 3.27. The van der Waals surface area contributed by atoms with Gasteiger partial charge in [0.05, 0.1) is 0 Å². The molecule has 1 N–H and O–H groups in total. The first kappa shape index (κ1) is 9.51. The molecule has 2 aliphatic carbocycles. The van der Waals surface area contributed by atoms with Gasteiger partial charge in [0.1, 0.15) is 0 Å². The van der Waals surface area contributed by atoms with Gasteiger partial charge in [-0.05, 0) is 42.4 Å². The Labute approximate surface area is 81.5 Å². The van der Waals surface area contributed by atoms with E-state index in [1.54, 1.807) is 0 Å². The molecular formula is C12H22O. The number of aliphatic hydroxyl groups excluding tert-OH is 1. The van der Waals surface area contributed by atoms with Crippen LogP contribution in [0.2, 0.25) is 0 Å². The first-order valence-corrected chi connectivity index (χ1v) is 5.83. The lowest BCUT2D eigenvalue weighted by atomic mass is 9.65. The molecule has 2 saturated carbocycles. The highest BCUT2D eigenvalue weighted by molar-refractivity contribution is 5.02. The Kier molecular flexibility index (Phi) is 2.39. The van der Waals surface area contributed by atoms with Gasteiger partial charge in [0.25, 0.3) is 0 Å². The highest BCUT2D eigenvalue weighted by Gasteiger charge is 2.52. The van der Waals surface area contributed by atoms with E-state index in [0.717, 1.165) is 11.8 Å². The largest absolute Gasteiger partial charge is 0.396 e. The summed E-state index contributed by atoms with van der Waals surface area (Å²) in [6.45, 7) is 5.02. The zero-order valence-electron chi connectivity index (χ0n) is 8.92. The molecule has 0 saturated heterocycles. The highest BCUT2D eigenvalue weighted by atomic mass is 16.3. The van der Waals surface area contributed by atoms with Crippen molar-refractivity contribution < 1.29 is 5.11 Å². The fourth-order valence-electron chi connectivity index (χ4n) is 3.85. The third kappa shape index (κ3) is 1.24. The number of aliphatic hydroxyl groups is 1. The summed E-state index contributed by atoms with van der Waals surface area (Å²) in [7, 11) is 0. The smallest absolute Gasteiger partial charge is 0.0492 e. The standard InChI is InChI=1S/C12H22O/c1-3-9(2)12(8-13)7-10-4-5-11(12)6-10/h9-11,13H,3-8H2,1-2H3. The van der Waals surface area contributed by atoms with E-state index >= 15 is 0 Å². The molecule has 76 valence electrons. The van der Waals surface area contributed by atoms with Gasteiger partial charge in [0, 0.05) is 6.61 Å². The molecule has 4 unspecified atom stereocenters. The SMILES string of the molecule is CCC(C)C1(CO)CC2CCC1C2. The molecule has 1 nitrogen and oxygen atoms in total. The van der Waals surface area contributed by atoms with Crippen LogP contribution in [0, 0.1) is 23.2 Å². The average Bonchev–Trinajstić information content (AvgIpc) is 2.75. The molecule has 0 aromatic carbocycles. The Bertz CT molecular complexity index is 190. The van der Waals surface area contributed by atoms with E-state index < -0.39 is 0 Å². The summed E-state index contributed by atoms with van der Waals surface area (Å²) >= 11 is 0. The molecule has 0 spiro atoms. The summed E-state index contributed by atoms with van der Waals surface area (Å²) in [5, 5.41) is 9.64. The maximum Gasteiger partial charge on any atom is 0.0492 e. The summed E-state index contributed by atoms with van der Waals surface area (Å²) < 4.78 is 0. The van der Waals surface area contributed by atoms with Crippen LogP contribution in [0.3, 0.4) is 0 Å². The fourth-order valence-corrected chi connectivity index (χ4v) is 3.85. The summed E-state index contributed by atoms with van der Waals surface area (Å²) in [5.74, 6) is 2.51. The van der Waals surface area contributed by atoms with Gasteiger partial charge in [-0.2, -0.15) is 0 Å². The van der Waals surface area contributed by atoms with Crippen LogP contribution in [0.5, 0.6) is 0 Å². The molecule has 0 aromatic heterocycles. The van der Waals surface area contributed by atoms with E-state index in [1.807, 2.05) is 0 Å². The molecule has 2 fully saturated rings. The molecule has 2 aliphatic rings. The van der Waals surface area contributed by atoms with Gasteiger partial charge in [-0.3, -0.25) is 0 Å². The normalized spacial score (nSPS) is 45.5. The third-order valence-electron chi connectivity index (χ3n) is 4.91. The Morgan fingerprint density at radius 1 is 1.46 bits per heavy atom. The predicted molar refractivity (Wildman–Crippen MR) is 54.4 cm³/mol. The molecule has 0 heterocycles. The number of rotatable bonds is 3. The maximum absolute atomic E-state index is 9.64. The molecule has 2 rings (SSSR count). The molecular weight excluding hydrogens is 160 g/mol. The van der Waals surface area contributed by atoms with Crippen LogP contribution in [0.4, 0.5) is 0 Å². The van der Waals surface area contributed by atoms with Crippen molar-refractivity contribution in [2.45, 2.75) is 46.0 Å². The lowest BCUT2D eigenvalue weighted by Gasteiger charge is -2.41. The summed E-state index contributed by atoms with van der Waals surface area (Å²) in [6.07, 6.45) is 6.76. The van der Waals surface area contributed by atoms with E-state index in [-0.39, 0.29) is 0 Å². The quantitative estimate of drug-likeness (QED) is 0.711. The van der Waals surface area contributed by atoms with Gasteiger partial charge < -0.3 is 5.11 Å². The molecule has 0 aromatic rings. The average molecular weight is 182 g/mol. The first-order valence-electron chi connectivity index (χ1n) is 5.83. The lowest BCUT2D eigenvalue weighted by Crippen LogP contribution is -2.37. The molecule has 13 heavy (non-hydrogen) atoms. The van der Waals surface area contributed by atoms with Crippen molar-refractivity contribution in [3.8, 4) is 0 Å². The fraction of sp³-hybridized carbons (Fsp3) is 1.00. The molecule has 2 bridgehead atoms. The number of fused-ring (bicyclic) bond motifs is 2. The van der Waals surface area contributed by atoms with Crippen molar-refractivity contribution >= 4 is 0 Å². The number of hydrogen-bond donors (Lipinski definition) is 1. The minimum Gasteiger partial charge on any atom is -0.396 e. The van der Waals surface area contributed by atoms with Gasteiger partial charge in [0.15, 0.2) is 0 Å². The van der Waals surface area contributed by atoms with Crippen LogP contribution in [-0.2, 0) is 0 Å². The zero-order valence-corrected chi connectivity index (χ0v) is 8.92. The van der Waals surface area contributed by atoms with Crippen molar-refractivity contribution in [2.24, 2.45) is 23.2 Å². The topological polar surface area (TPSA) is 20.2 Å². The van der Waals surface area contributed by atoms with Crippen LogP contribution in [0.15, 0.2) is 0 Å². The van der Waals surface area contributed by atoms with Crippen LogP contribution in [-0.4, -0.2) is 11.7 Å². The van der Waals surface area contributed by atoms with E-state index in [2.05, 4.69) is 13.8 Å². The van der Waals surface area contributed by atoms with E-state index in [1.165, 1.54) is 32.1 Å². The Morgan fingerprint density at radius 3 is 2.62 bits per heavy atom. The summed E-state index contributed by atoms with van der Waals surface area (Å²) in [6, 6.07) is 0. The summed E-state index contributed by atoms with van der Waals surface area (Å²) in [4.78, 5) is 0. The second-order valence-electron chi connectivity index (χ2n) is 5.28. The van der Waals surface area contributed by atoms with Gasteiger partial charge in [0.2, 0.25) is 0 Å². The molecule has 4 atom stereocenters. The number of hydrogen-bond acceptors (Lipinski definition) is 1. The zero-order chi connectivity index (χ0) is 9.47. The van der Waals surface area contributed by atoms with Gasteiger partial charge in [-0.1, -0.05) is 26.7 Å². The Hall–Kier alpha value is -0.0400. The third-order valence-corrected chi connectivity index (χ3v) is 4.91. The van der Waals surface area contributed by atoms with Crippen molar-refractivity contribution in [3.63, 3.8) is 0 Å². The van der Waals surface area contributed by atoms with Crippen molar-refractivity contribution in [2.75, 3.05) is 6.61 Å². The highest BCUT2D eigenvalue weighted by Crippen LogP contribution is 2.59. The molecule has 0 amide bonds. The van der Waals surface area contributed by atoms with Gasteiger partial charge >= 0.3 is 0 Å². The van der Waals surface area contributed by atoms with E-state index in [0.29, 0.717) is 17.9 Å². The van der Waals surface area contributed by atoms with Gasteiger partial charge in [-0.25, -0.2) is 0 Å². The Morgan fingerprint density at radius 2 is 2.23 bits per heavy atom. The van der Waals surface area contributed by atoms with Crippen molar-refractivity contribution in [1.82, 2.24) is 0 Å². The minimum atomic E-state index is 0.317. The summed E-state index contributed by atoms with van der Waals surface area (Å²) in [5.41, 5.74) is 0.317. The van der Waals surface area contributed by atoms with Gasteiger partial charge in [-0.15, -0.1) is 0 Å². The Balaban J connectivity index is 2.16. The monoisotopic (exact) mass is 182 g/mol. The molecule has 1 heteroatoms. The van der Waals surface area contributed by atoms with Crippen LogP contribution in [0.1, 0.15) is 46.0 Å². The van der Waals surface area contributed by atoms with Crippen LogP contribution in [0.25, 0.3) is 0 Å². The lowest BCUT2D eigenvalue weighted by molar-refractivity contribution is 0.0120.